The summed E-state index contributed by atoms with van der Waals surface area (Å²) in [5, 5.41) is 0. The first-order valence-corrected chi connectivity index (χ1v) is 3.89. The molecule has 0 aliphatic carbocycles. The van der Waals surface area contributed by atoms with Crippen molar-refractivity contribution in [3.05, 3.63) is 42.5 Å². The minimum absolute atomic E-state index is 0.458. The molecule has 13 heavy (non-hydrogen) atoms. The largest absolute Gasteiger partial charge is 0.423 e. The Hall–Kier alpha value is -1.61. The van der Waals surface area contributed by atoms with Crippen molar-refractivity contribution >= 4 is 5.97 Å². The Morgan fingerprint density at radius 3 is 2.54 bits per heavy atom. The van der Waals surface area contributed by atoms with E-state index < -0.39 is 5.97 Å². The fourth-order valence-electron chi connectivity index (χ4n) is 0.851. The van der Waals surface area contributed by atoms with Gasteiger partial charge in [-0.2, -0.15) is 0 Å². The number of nitrogens with two attached hydrogens (primary N) is 1. The topological polar surface area (TPSA) is 52.3 Å². The second-order valence-electron chi connectivity index (χ2n) is 2.47. The highest BCUT2D eigenvalue weighted by Gasteiger charge is 1.98. The number of carbonyl (C=O) groups is 1. The molecule has 0 spiro atoms. The highest BCUT2D eigenvalue weighted by molar-refractivity contribution is 5.83. The van der Waals surface area contributed by atoms with E-state index >= 15 is 0 Å². The molecule has 1 aromatic rings. The minimum atomic E-state index is -0.458. The lowest BCUT2D eigenvalue weighted by molar-refractivity contribution is -0.128. The highest BCUT2D eigenvalue weighted by Crippen LogP contribution is 2.11. The molecular weight excluding hydrogens is 166 g/mol. The average molecular weight is 177 g/mol. The van der Waals surface area contributed by atoms with Gasteiger partial charge in [0, 0.05) is 12.6 Å². The summed E-state index contributed by atoms with van der Waals surface area (Å²) in [6, 6.07) is 7.02. The van der Waals surface area contributed by atoms with Gasteiger partial charge in [-0.15, -0.1) is 0 Å². The van der Waals surface area contributed by atoms with Crippen LogP contribution in [0.5, 0.6) is 5.75 Å². The van der Waals surface area contributed by atoms with Crippen molar-refractivity contribution in [2.45, 2.75) is 6.54 Å². The van der Waals surface area contributed by atoms with Crippen LogP contribution in [0.15, 0.2) is 36.9 Å². The van der Waals surface area contributed by atoms with E-state index in [-0.39, 0.29) is 0 Å². The SMILES string of the molecule is C=CC(=O)Oc1ccc(CN)cc1. The number of ether oxygens (including phenoxy) is 1. The molecule has 0 amide bonds. The fraction of sp³-hybridized carbons (Fsp3) is 0.100. The third-order valence-corrected chi connectivity index (χ3v) is 1.54. The molecule has 0 radical (unpaired) electrons. The van der Waals surface area contributed by atoms with Crippen LogP contribution in [-0.4, -0.2) is 5.97 Å². The molecule has 0 aliphatic rings. The van der Waals surface area contributed by atoms with E-state index in [1.807, 2.05) is 12.1 Å². The van der Waals surface area contributed by atoms with Gasteiger partial charge in [-0.1, -0.05) is 18.7 Å². The van der Waals surface area contributed by atoms with Gasteiger partial charge >= 0.3 is 5.97 Å². The summed E-state index contributed by atoms with van der Waals surface area (Å²) < 4.78 is 4.87. The first kappa shape index (κ1) is 9.48. The zero-order chi connectivity index (χ0) is 9.68. The van der Waals surface area contributed by atoms with E-state index in [2.05, 4.69) is 6.58 Å². The Kier molecular flexibility index (Phi) is 3.23. The zero-order valence-electron chi connectivity index (χ0n) is 7.19. The summed E-state index contributed by atoms with van der Waals surface area (Å²) >= 11 is 0. The van der Waals surface area contributed by atoms with Gasteiger partial charge in [0.15, 0.2) is 0 Å². The zero-order valence-corrected chi connectivity index (χ0v) is 7.19. The minimum Gasteiger partial charge on any atom is -0.423 e. The molecule has 0 aromatic heterocycles. The summed E-state index contributed by atoms with van der Waals surface area (Å²) in [4.78, 5) is 10.8. The maximum atomic E-state index is 10.8. The summed E-state index contributed by atoms with van der Waals surface area (Å²) in [7, 11) is 0. The van der Waals surface area contributed by atoms with Crippen LogP contribution in [0.3, 0.4) is 0 Å². The average Bonchev–Trinajstić information content (AvgIpc) is 2.19. The Balaban J connectivity index is 2.69. The molecule has 1 aromatic carbocycles. The van der Waals surface area contributed by atoms with Gasteiger partial charge in [-0.05, 0) is 17.7 Å². The second kappa shape index (κ2) is 4.42. The van der Waals surface area contributed by atoms with E-state index in [1.165, 1.54) is 0 Å². The van der Waals surface area contributed by atoms with Crippen molar-refractivity contribution < 1.29 is 9.53 Å². The number of benzene rings is 1. The van der Waals surface area contributed by atoms with Crippen LogP contribution >= 0.6 is 0 Å². The molecular formula is C10H11NO2. The van der Waals surface area contributed by atoms with E-state index in [1.54, 1.807) is 12.1 Å². The Bertz CT molecular complexity index is 303. The van der Waals surface area contributed by atoms with E-state index in [0.29, 0.717) is 12.3 Å². The molecule has 1 rings (SSSR count). The molecule has 2 N–H and O–H groups in total. The molecule has 3 heteroatoms. The van der Waals surface area contributed by atoms with Crippen LogP contribution in [0.2, 0.25) is 0 Å². The fourth-order valence-corrected chi connectivity index (χ4v) is 0.851. The van der Waals surface area contributed by atoms with Crippen molar-refractivity contribution in [3.8, 4) is 5.75 Å². The number of hydrogen-bond donors (Lipinski definition) is 1. The monoisotopic (exact) mass is 177 g/mol. The highest BCUT2D eigenvalue weighted by atomic mass is 16.5. The van der Waals surface area contributed by atoms with Gasteiger partial charge in [-0.3, -0.25) is 0 Å². The van der Waals surface area contributed by atoms with Gasteiger partial charge in [0.05, 0.1) is 0 Å². The molecule has 0 heterocycles. The Morgan fingerprint density at radius 1 is 1.46 bits per heavy atom. The second-order valence-corrected chi connectivity index (χ2v) is 2.47. The predicted molar refractivity (Wildman–Crippen MR) is 50.2 cm³/mol. The third kappa shape index (κ3) is 2.72. The van der Waals surface area contributed by atoms with Gasteiger partial charge in [-0.25, -0.2) is 4.79 Å². The molecule has 0 atom stereocenters. The molecule has 0 saturated heterocycles. The van der Waals surface area contributed by atoms with Crippen LogP contribution < -0.4 is 10.5 Å². The van der Waals surface area contributed by atoms with Crippen LogP contribution in [0.1, 0.15) is 5.56 Å². The van der Waals surface area contributed by atoms with Gasteiger partial charge < -0.3 is 10.5 Å². The number of hydrogen-bond acceptors (Lipinski definition) is 3. The quantitative estimate of drug-likeness (QED) is 0.429. The number of esters is 1. The summed E-state index contributed by atoms with van der Waals surface area (Å²) in [5.74, 6) is 0.0441. The summed E-state index contributed by atoms with van der Waals surface area (Å²) in [6.45, 7) is 3.78. The van der Waals surface area contributed by atoms with Crippen molar-refractivity contribution in [2.24, 2.45) is 5.73 Å². The molecule has 3 nitrogen and oxygen atoms in total. The lowest BCUT2D eigenvalue weighted by Gasteiger charge is -2.01. The smallest absolute Gasteiger partial charge is 0.335 e. The van der Waals surface area contributed by atoms with E-state index in [4.69, 9.17) is 10.5 Å². The molecule has 68 valence electrons. The maximum absolute atomic E-state index is 10.8. The Labute approximate surface area is 76.8 Å². The van der Waals surface area contributed by atoms with Crippen molar-refractivity contribution in [1.82, 2.24) is 0 Å². The molecule has 0 unspecified atom stereocenters. The first-order chi connectivity index (χ1) is 6.26. The predicted octanol–water partition coefficient (Wildman–Crippen LogP) is 1.24. The summed E-state index contributed by atoms with van der Waals surface area (Å²) in [5.41, 5.74) is 6.40. The first-order valence-electron chi connectivity index (χ1n) is 3.89. The van der Waals surface area contributed by atoms with Crippen molar-refractivity contribution in [2.75, 3.05) is 0 Å². The van der Waals surface area contributed by atoms with Crippen LogP contribution in [0.4, 0.5) is 0 Å². The standard InChI is InChI=1S/C10H11NO2/c1-2-10(12)13-9-5-3-8(7-11)4-6-9/h2-6H,1,7,11H2. The van der Waals surface area contributed by atoms with Crippen LogP contribution in [-0.2, 0) is 11.3 Å². The number of rotatable bonds is 3. The van der Waals surface area contributed by atoms with Crippen molar-refractivity contribution in [3.63, 3.8) is 0 Å². The molecule has 0 fully saturated rings. The third-order valence-electron chi connectivity index (χ3n) is 1.54. The van der Waals surface area contributed by atoms with Crippen LogP contribution in [0.25, 0.3) is 0 Å². The Morgan fingerprint density at radius 2 is 2.08 bits per heavy atom. The molecule has 0 saturated carbocycles. The van der Waals surface area contributed by atoms with Gasteiger partial charge in [0.25, 0.3) is 0 Å². The van der Waals surface area contributed by atoms with E-state index in [9.17, 15) is 4.79 Å². The van der Waals surface area contributed by atoms with Crippen molar-refractivity contribution in [1.29, 1.82) is 0 Å². The number of carbonyl (C=O) groups excluding carboxylic acids is 1. The van der Waals surface area contributed by atoms with Gasteiger partial charge in [0.2, 0.25) is 0 Å². The maximum Gasteiger partial charge on any atom is 0.335 e. The lowest BCUT2D eigenvalue weighted by atomic mass is 10.2. The normalized spacial score (nSPS) is 9.31. The lowest BCUT2D eigenvalue weighted by Crippen LogP contribution is -2.03. The van der Waals surface area contributed by atoms with Crippen LogP contribution in [0, 0.1) is 0 Å². The molecule has 0 bridgehead atoms. The summed E-state index contributed by atoms with van der Waals surface area (Å²) in [6.07, 6.45) is 1.12. The molecule has 0 aliphatic heterocycles. The van der Waals surface area contributed by atoms with Gasteiger partial charge in [0.1, 0.15) is 5.75 Å². The van der Waals surface area contributed by atoms with E-state index in [0.717, 1.165) is 11.6 Å².